The number of nitrogens with one attached hydrogen (secondary N) is 1. The van der Waals surface area contributed by atoms with Crippen LogP contribution in [-0.4, -0.2) is 37.0 Å². The zero-order valence-electron chi connectivity index (χ0n) is 16.7. The van der Waals surface area contributed by atoms with Crippen molar-refractivity contribution >= 4 is 31.9 Å². The van der Waals surface area contributed by atoms with Crippen LogP contribution in [0.1, 0.15) is 57.1 Å². The molecule has 1 N–H and O–H groups in total. The molecule has 1 amide bonds. The molecule has 4 fully saturated rings. The smallest absolute Gasteiger partial charge is 0.242 e. The van der Waals surface area contributed by atoms with Gasteiger partial charge in [0.2, 0.25) is 15.9 Å². The summed E-state index contributed by atoms with van der Waals surface area (Å²) in [6.07, 6.45) is 6.64. The molecule has 0 radical (unpaired) electrons. The second kappa shape index (κ2) is 6.81. The van der Waals surface area contributed by atoms with Gasteiger partial charge in [0.1, 0.15) is 0 Å². The molecule has 4 aliphatic rings. The highest BCUT2D eigenvalue weighted by Crippen LogP contribution is 2.64. The van der Waals surface area contributed by atoms with Gasteiger partial charge in [-0.25, -0.2) is 12.7 Å². The fraction of sp³-hybridized carbons (Fsp3) is 0.667. The second-order valence-electron chi connectivity index (χ2n) is 9.44. The van der Waals surface area contributed by atoms with Gasteiger partial charge in [-0.15, -0.1) is 0 Å². The third-order valence-electron chi connectivity index (χ3n) is 6.98. The lowest BCUT2D eigenvalue weighted by atomic mass is 9.49. The van der Waals surface area contributed by atoms with Gasteiger partial charge in [-0.2, -0.15) is 0 Å². The topological polar surface area (TPSA) is 66.5 Å². The summed E-state index contributed by atoms with van der Waals surface area (Å²) in [4.78, 5) is 13.6. The number of halogens is 1. The van der Waals surface area contributed by atoms with Crippen LogP contribution in [0.25, 0.3) is 0 Å². The van der Waals surface area contributed by atoms with Crippen molar-refractivity contribution in [3.8, 4) is 0 Å². The highest BCUT2D eigenvalue weighted by molar-refractivity contribution is 9.10. The van der Waals surface area contributed by atoms with E-state index in [-0.39, 0.29) is 26.6 Å². The summed E-state index contributed by atoms with van der Waals surface area (Å²) in [5.74, 6) is 1.50. The molecular weight excluding hydrogens is 440 g/mol. The van der Waals surface area contributed by atoms with E-state index in [0.29, 0.717) is 11.8 Å². The number of amides is 1. The molecule has 1 aromatic rings. The van der Waals surface area contributed by atoms with Gasteiger partial charge in [0, 0.05) is 18.4 Å². The number of hydrogen-bond acceptors (Lipinski definition) is 3. The maximum atomic E-state index is 13.3. The molecule has 0 saturated heterocycles. The standard InChI is InChI=1S/C21H29BrN2O3S/c1-14(17-4-6-18(7-5-17)28(26,27)24(2)3)23-19(25)20-9-15-8-16(10-20)12-21(22,11-15)13-20/h4-7,14-16H,8-13H2,1-3H3,(H,23,25). The van der Waals surface area contributed by atoms with E-state index in [9.17, 15) is 13.2 Å². The van der Waals surface area contributed by atoms with E-state index in [1.54, 1.807) is 24.3 Å². The van der Waals surface area contributed by atoms with Gasteiger partial charge in [-0.05, 0) is 75.0 Å². The SMILES string of the molecule is CC(NC(=O)C12CC3CC(CC(Br)(C3)C1)C2)c1ccc(S(=O)(=O)N(C)C)cc1. The average Bonchev–Trinajstić information content (AvgIpc) is 2.59. The predicted octanol–water partition coefficient (Wildman–Crippen LogP) is 3.85. The maximum Gasteiger partial charge on any atom is 0.242 e. The van der Waals surface area contributed by atoms with E-state index in [4.69, 9.17) is 0 Å². The molecule has 0 heterocycles. The lowest BCUT2D eigenvalue weighted by Gasteiger charge is -2.59. The van der Waals surface area contributed by atoms with Gasteiger partial charge in [0.05, 0.1) is 16.4 Å². The van der Waals surface area contributed by atoms with Crippen molar-refractivity contribution in [2.24, 2.45) is 17.3 Å². The first kappa shape index (κ1) is 20.4. The minimum absolute atomic E-state index is 0.150. The Morgan fingerprint density at radius 1 is 1.14 bits per heavy atom. The third kappa shape index (κ3) is 3.43. The summed E-state index contributed by atoms with van der Waals surface area (Å²) < 4.78 is 25.8. The largest absolute Gasteiger partial charge is 0.349 e. The Hall–Kier alpha value is -0.920. The first-order valence-electron chi connectivity index (χ1n) is 10.1. The molecule has 1 aromatic carbocycles. The summed E-state index contributed by atoms with van der Waals surface area (Å²) in [5.41, 5.74) is 0.681. The van der Waals surface area contributed by atoms with Gasteiger partial charge in [0.25, 0.3) is 0 Å². The van der Waals surface area contributed by atoms with Crippen LogP contribution in [0.2, 0.25) is 0 Å². The first-order valence-corrected chi connectivity index (χ1v) is 12.3. The van der Waals surface area contributed by atoms with E-state index >= 15 is 0 Å². The van der Waals surface area contributed by atoms with Crippen LogP contribution in [0.3, 0.4) is 0 Å². The summed E-state index contributed by atoms with van der Waals surface area (Å²) in [6, 6.07) is 6.68. The van der Waals surface area contributed by atoms with Gasteiger partial charge >= 0.3 is 0 Å². The van der Waals surface area contributed by atoms with Crippen LogP contribution < -0.4 is 5.32 Å². The maximum absolute atomic E-state index is 13.3. The highest BCUT2D eigenvalue weighted by atomic mass is 79.9. The Morgan fingerprint density at radius 2 is 1.71 bits per heavy atom. The Kier molecular flexibility index (Phi) is 4.95. The Morgan fingerprint density at radius 3 is 2.21 bits per heavy atom. The van der Waals surface area contributed by atoms with Crippen molar-refractivity contribution in [1.82, 2.24) is 9.62 Å². The Balaban J connectivity index is 1.48. The van der Waals surface area contributed by atoms with Gasteiger partial charge in [-0.1, -0.05) is 28.1 Å². The fourth-order valence-electron chi connectivity index (χ4n) is 5.99. The molecule has 0 aromatic heterocycles. The Labute approximate surface area is 176 Å². The minimum Gasteiger partial charge on any atom is -0.349 e. The molecule has 3 unspecified atom stereocenters. The van der Waals surface area contributed by atoms with E-state index in [0.717, 1.165) is 24.8 Å². The van der Waals surface area contributed by atoms with E-state index in [1.807, 2.05) is 6.92 Å². The van der Waals surface area contributed by atoms with Crippen molar-refractivity contribution < 1.29 is 13.2 Å². The van der Waals surface area contributed by atoms with Crippen LogP contribution in [0.15, 0.2) is 29.2 Å². The molecule has 5 rings (SSSR count). The third-order valence-corrected chi connectivity index (χ3v) is 9.73. The van der Waals surface area contributed by atoms with Crippen molar-refractivity contribution in [2.45, 2.75) is 60.7 Å². The van der Waals surface area contributed by atoms with Crippen molar-refractivity contribution in [2.75, 3.05) is 14.1 Å². The van der Waals surface area contributed by atoms with Crippen molar-refractivity contribution in [3.63, 3.8) is 0 Å². The molecule has 5 nitrogen and oxygen atoms in total. The van der Waals surface area contributed by atoms with Gasteiger partial charge in [0.15, 0.2) is 0 Å². The molecule has 4 saturated carbocycles. The number of rotatable bonds is 5. The second-order valence-corrected chi connectivity index (χ2v) is 13.3. The number of alkyl halides is 1. The molecule has 0 aliphatic heterocycles. The lowest BCUT2D eigenvalue weighted by molar-refractivity contribution is -0.144. The zero-order chi connectivity index (χ0) is 20.3. The minimum atomic E-state index is -3.44. The normalized spacial score (nSPS) is 35.2. The molecule has 3 atom stereocenters. The van der Waals surface area contributed by atoms with Gasteiger partial charge in [-0.3, -0.25) is 4.79 Å². The molecule has 0 spiro atoms. The molecule has 4 bridgehead atoms. The molecule has 28 heavy (non-hydrogen) atoms. The molecule has 154 valence electrons. The van der Waals surface area contributed by atoms with Crippen LogP contribution >= 0.6 is 15.9 Å². The summed E-state index contributed by atoms with van der Waals surface area (Å²) in [7, 11) is -0.395. The van der Waals surface area contributed by atoms with Crippen LogP contribution in [0, 0.1) is 17.3 Å². The zero-order valence-corrected chi connectivity index (χ0v) is 19.1. The van der Waals surface area contributed by atoms with Crippen LogP contribution in [0.4, 0.5) is 0 Å². The summed E-state index contributed by atoms with van der Waals surface area (Å²) in [5, 5.41) is 3.23. The number of carbonyl (C=O) groups excluding carboxylic acids is 1. The summed E-state index contributed by atoms with van der Waals surface area (Å²) >= 11 is 3.97. The summed E-state index contributed by atoms with van der Waals surface area (Å²) in [6.45, 7) is 1.97. The Bertz CT molecular complexity index is 867. The predicted molar refractivity (Wildman–Crippen MR) is 113 cm³/mol. The van der Waals surface area contributed by atoms with E-state index in [1.165, 1.54) is 37.7 Å². The fourth-order valence-corrected chi connectivity index (χ4v) is 8.34. The average molecular weight is 469 g/mol. The number of nitrogens with zero attached hydrogens (tertiary/aromatic N) is 1. The molecular formula is C21H29BrN2O3S. The van der Waals surface area contributed by atoms with E-state index in [2.05, 4.69) is 21.2 Å². The molecule has 4 aliphatic carbocycles. The number of benzene rings is 1. The quantitative estimate of drug-likeness (QED) is 0.667. The van der Waals surface area contributed by atoms with Crippen LogP contribution in [0.5, 0.6) is 0 Å². The number of sulfonamides is 1. The first-order chi connectivity index (χ1) is 13.0. The number of carbonyl (C=O) groups is 1. The highest BCUT2D eigenvalue weighted by Gasteiger charge is 2.59. The van der Waals surface area contributed by atoms with E-state index < -0.39 is 10.0 Å². The van der Waals surface area contributed by atoms with Crippen molar-refractivity contribution in [3.05, 3.63) is 29.8 Å². The monoisotopic (exact) mass is 468 g/mol. The van der Waals surface area contributed by atoms with Gasteiger partial charge < -0.3 is 5.32 Å². The van der Waals surface area contributed by atoms with Crippen LogP contribution in [-0.2, 0) is 14.8 Å². The number of hydrogen-bond donors (Lipinski definition) is 1. The molecule has 7 heteroatoms. The lowest BCUT2D eigenvalue weighted by Crippen LogP contribution is -2.58. The van der Waals surface area contributed by atoms with Crippen molar-refractivity contribution in [1.29, 1.82) is 0 Å².